The second-order valence-electron chi connectivity index (χ2n) is 8.16. The molecule has 1 aromatic carbocycles. The Kier molecular flexibility index (Phi) is 6.79. The van der Waals surface area contributed by atoms with Crippen molar-refractivity contribution in [3.8, 4) is 11.1 Å². The minimum Gasteiger partial charge on any atom is -0.378 e. The Balaban J connectivity index is 1.57. The summed E-state index contributed by atoms with van der Waals surface area (Å²) < 4.78 is 9.33. The van der Waals surface area contributed by atoms with Gasteiger partial charge in [-0.3, -0.25) is 8.77 Å². The molecule has 1 aliphatic heterocycles. The van der Waals surface area contributed by atoms with Crippen LogP contribution in [0.4, 0.5) is 5.69 Å². The predicted molar refractivity (Wildman–Crippen MR) is 149 cm³/mol. The van der Waals surface area contributed by atoms with Crippen LogP contribution in [0, 0.1) is 6.92 Å². The molecule has 0 saturated carbocycles. The smallest absolute Gasteiger partial charge is 0.251 e. The van der Waals surface area contributed by atoms with E-state index in [1.807, 2.05) is 24.5 Å². The first-order valence-corrected chi connectivity index (χ1v) is 14.6. The van der Waals surface area contributed by atoms with Gasteiger partial charge in [0.15, 0.2) is 5.65 Å². The van der Waals surface area contributed by atoms with Crippen molar-refractivity contribution in [3.05, 3.63) is 76.5 Å². The Labute approximate surface area is 211 Å². The molecule has 1 saturated heterocycles. The second-order valence-corrected chi connectivity index (χ2v) is 10.5. The lowest BCUT2D eigenvalue weighted by molar-refractivity contribution is 0.123. The minimum absolute atomic E-state index is 0.0142. The minimum atomic E-state index is -0.0142. The molecule has 6 nitrogen and oxygen atoms in total. The van der Waals surface area contributed by atoms with Gasteiger partial charge in [-0.1, -0.05) is 29.8 Å². The molecule has 0 aliphatic carbocycles. The van der Waals surface area contributed by atoms with Crippen molar-refractivity contribution in [2.45, 2.75) is 13.5 Å². The van der Waals surface area contributed by atoms with E-state index in [4.69, 9.17) is 9.72 Å². The summed E-state index contributed by atoms with van der Waals surface area (Å²) in [6, 6.07) is 12.0. The van der Waals surface area contributed by atoms with Crippen LogP contribution in [0.5, 0.6) is 0 Å². The lowest BCUT2D eigenvalue weighted by Crippen LogP contribution is -2.38. The number of ether oxygens (including phenoxy) is 1. The first-order chi connectivity index (χ1) is 16.0. The summed E-state index contributed by atoms with van der Waals surface area (Å²) in [5, 5.41) is 2.16. The Morgan fingerprint density at radius 2 is 2.03 bits per heavy atom. The quantitative estimate of drug-likeness (QED) is 0.255. The molecule has 0 radical (unpaired) electrons. The fourth-order valence-corrected chi connectivity index (χ4v) is 6.11. The normalized spacial score (nSPS) is 14.2. The van der Waals surface area contributed by atoms with Gasteiger partial charge in [0.1, 0.15) is 0 Å². The van der Waals surface area contributed by atoms with Gasteiger partial charge in [-0.15, -0.1) is 9.24 Å². The van der Waals surface area contributed by atoms with E-state index in [9.17, 15) is 4.79 Å². The van der Waals surface area contributed by atoms with E-state index in [1.54, 1.807) is 19.8 Å². The van der Waals surface area contributed by atoms with E-state index in [1.165, 1.54) is 5.56 Å². The van der Waals surface area contributed by atoms with Gasteiger partial charge in [-0.2, -0.15) is 0 Å². The first kappa shape index (κ1) is 22.9. The fraction of sp³-hybridized carbons (Fsp3) is 0.250. The molecule has 1 unspecified atom stereocenters. The first-order valence-electron chi connectivity index (χ1n) is 10.7. The van der Waals surface area contributed by atoms with Crippen molar-refractivity contribution in [1.29, 1.82) is 0 Å². The van der Waals surface area contributed by atoms with Crippen molar-refractivity contribution in [2.75, 3.05) is 31.2 Å². The molecule has 1 aliphatic rings. The molecule has 4 aromatic rings. The number of rotatable bonds is 5. The Morgan fingerprint density at radius 3 is 2.76 bits per heavy atom. The molecule has 5 rings (SSSR count). The summed E-state index contributed by atoms with van der Waals surface area (Å²) in [4.78, 5) is 20.1. The highest BCUT2D eigenvalue weighted by Gasteiger charge is 2.21. The standard InChI is InChI=1S/C24H24IN4O2PS/c1-16-3-2-4-17(11-16)14-28-6-5-18(12-21(28)30)19-15-29(33-25)24-22(19)23(32)20(13-26-24)27-7-9-31-10-8-27/h2-6,11-13,15H,7-10,14,32H2,1H3. The second kappa shape index (κ2) is 9.78. The van der Waals surface area contributed by atoms with Crippen molar-refractivity contribution in [1.82, 2.24) is 13.5 Å². The molecule has 33 heavy (non-hydrogen) atoms. The van der Waals surface area contributed by atoms with Gasteiger partial charge in [0.05, 0.1) is 31.6 Å². The summed E-state index contributed by atoms with van der Waals surface area (Å²) in [5.41, 5.74) is 6.21. The van der Waals surface area contributed by atoms with E-state index in [0.29, 0.717) is 6.54 Å². The third kappa shape index (κ3) is 4.58. The van der Waals surface area contributed by atoms with Gasteiger partial charge in [0, 0.05) is 78.1 Å². The molecule has 0 bridgehead atoms. The van der Waals surface area contributed by atoms with E-state index in [-0.39, 0.29) is 5.56 Å². The zero-order valence-corrected chi connectivity index (χ0v) is 22.3. The molecule has 3 aromatic heterocycles. The maximum absolute atomic E-state index is 13.0. The van der Waals surface area contributed by atoms with Crippen molar-refractivity contribution in [2.24, 2.45) is 0 Å². The van der Waals surface area contributed by atoms with Crippen LogP contribution < -0.4 is 15.8 Å². The molecular weight excluding hydrogens is 566 g/mol. The van der Waals surface area contributed by atoms with Gasteiger partial charge in [-0.05, 0) is 24.1 Å². The predicted octanol–water partition coefficient (Wildman–Crippen LogP) is 4.41. The maximum atomic E-state index is 13.0. The number of fused-ring (bicyclic) bond motifs is 1. The van der Waals surface area contributed by atoms with Crippen molar-refractivity contribution >= 4 is 61.6 Å². The SMILES string of the molecule is Cc1cccc(Cn2ccc(-c3cn(SI)c4ncc(N5CCOCC5)c(P)c34)cc2=O)c1. The molecule has 0 N–H and O–H groups in total. The molecule has 1 atom stereocenters. The van der Waals surface area contributed by atoms with Crippen LogP contribution >= 0.6 is 39.6 Å². The molecular formula is C24H24IN4O2PS. The van der Waals surface area contributed by atoms with E-state index >= 15 is 0 Å². The third-order valence-corrected chi connectivity index (χ3v) is 8.26. The van der Waals surface area contributed by atoms with E-state index in [2.05, 4.69) is 70.6 Å². The maximum Gasteiger partial charge on any atom is 0.251 e. The number of hydrogen-bond donors (Lipinski definition) is 0. The largest absolute Gasteiger partial charge is 0.378 e. The van der Waals surface area contributed by atoms with Crippen LogP contribution in [0.15, 0.2) is 59.8 Å². The average molecular weight is 590 g/mol. The molecule has 1 fully saturated rings. The Bertz CT molecular complexity index is 1380. The van der Waals surface area contributed by atoms with E-state index in [0.717, 1.165) is 65.0 Å². The summed E-state index contributed by atoms with van der Waals surface area (Å²) >= 11 is 2.26. The fourth-order valence-electron chi connectivity index (χ4n) is 4.32. The van der Waals surface area contributed by atoms with Crippen LogP contribution in [0.2, 0.25) is 0 Å². The zero-order valence-electron chi connectivity index (χ0n) is 18.2. The summed E-state index contributed by atoms with van der Waals surface area (Å²) in [7, 11) is 4.48. The third-order valence-electron chi connectivity index (χ3n) is 5.97. The number of anilines is 1. The number of benzene rings is 1. The lowest BCUT2D eigenvalue weighted by Gasteiger charge is -2.30. The van der Waals surface area contributed by atoms with Crippen LogP contribution in [-0.4, -0.2) is 39.8 Å². The van der Waals surface area contributed by atoms with Gasteiger partial charge < -0.3 is 14.2 Å². The summed E-state index contributed by atoms with van der Waals surface area (Å²) in [6.45, 7) is 5.76. The topological polar surface area (TPSA) is 52.3 Å². The van der Waals surface area contributed by atoms with Crippen LogP contribution in [0.1, 0.15) is 11.1 Å². The molecule has 170 valence electrons. The van der Waals surface area contributed by atoms with E-state index < -0.39 is 0 Å². The number of hydrogen-bond acceptors (Lipinski definition) is 5. The summed E-state index contributed by atoms with van der Waals surface area (Å²) in [6.07, 6.45) is 5.91. The van der Waals surface area contributed by atoms with Crippen molar-refractivity contribution < 1.29 is 4.74 Å². The van der Waals surface area contributed by atoms with Gasteiger partial charge in [0.2, 0.25) is 0 Å². The number of aryl methyl sites for hydroxylation is 1. The van der Waals surface area contributed by atoms with Crippen LogP contribution in [0.25, 0.3) is 22.2 Å². The highest BCUT2D eigenvalue weighted by Crippen LogP contribution is 2.35. The van der Waals surface area contributed by atoms with Crippen LogP contribution in [0.3, 0.4) is 0 Å². The molecule has 4 heterocycles. The molecule has 9 heteroatoms. The van der Waals surface area contributed by atoms with Gasteiger partial charge >= 0.3 is 0 Å². The Hall–Kier alpha value is -1.87. The number of nitrogens with zero attached hydrogens (tertiary/aromatic N) is 4. The van der Waals surface area contributed by atoms with Crippen LogP contribution in [-0.2, 0) is 11.3 Å². The Morgan fingerprint density at radius 1 is 1.21 bits per heavy atom. The number of aromatic nitrogens is 3. The van der Waals surface area contributed by atoms with Crippen molar-refractivity contribution in [3.63, 3.8) is 0 Å². The molecule has 0 spiro atoms. The number of halogens is 1. The lowest BCUT2D eigenvalue weighted by atomic mass is 10.1. The molecule has 0 amide bonds. The highest BCUT2D eigenvalue weighted by molar-refractivity contribution is 14.2. The number of morpholine rings is 1. The monoisotopic (exact) mass is 590 g/mol. The summed E-state index contributed by atoms with van der Waals surface area (Å²) in [5.74, 6) is 0. The average Bonchev–Trinajstić information content (AvgIpc) is 3.21. The highest BCUT2D eigenvalue weighted by atomic mass is 127. The van der Waals surface area contributed by atoms with Gasteiger partial charge in [0.25, 0.3) is 5.56 Å². The zero-order chi connectivity index (χ0) is 22.9. The van der Waals surface area contributed by atoms with Gasteiger partial charge in [-0.25, -0.2) is 4.98 Å². The number of pyridine rings is 2.